The van der Waals surface area contributed by atoms with Crippen LogP contribution in [0.2, 0.25) is 0 Å². The van der Waals surface area contributed by atoms with E-state index < -0.39 is 0 Å². The molecule has 70 valence electrons. The van der Waals surface area contributed by atoms with Crippen molar-refractivity contribution >= 4 is 28.8 Å². The molecule has 0 saturated heterocycles. The van der Waals surface area contributed by atoms with Gasteiger partial charge in [0.2, 0.25) is 5.91 Å². The first kappa shape index (κ1) is 10.5. The first-order valence-corrected chi connectivity index (χ1v) is 5.20. The Morgan fingerprint density at radius 2 is 2.00 bits per heavy atom. The molecular formula is C10H12INO. The maximum Gasteiger partial charge on any atom is 0.235 e. The van der Waals surface area contributed by atoms with Gasteiger partial charge in [0, 0.05) is 6.54 Å². The molecule has 0 unspecified atom stereocenters. The summed E-state index contributed by atoms with van der Waals surface area (Å²) in [4.78, 5) is 11.5. The molecule has 1 amide bonds. The van der Waals surface area contributed by atoms with Gasteiger partial charge in [0.05, 0.1) is 29.3 Å². The first-order chi connectivity index (χ1) is 6.24. The number of benzene rings is 1. The topological polar surface area (TPSA) is 20.3 Å². The molecule has 0 atom stereocenters. The van der Waals surface area contributed by atoms with Gasteiger partial charge in [-0.3, -0.25) is 7.91 Å². The summed E-state index contributed by atoms with van der Waals surface area (Å²) in [6.45, 7) is 2.72. The number of likely N-dealkylation sites (N-methyl/N-ethyl adjacent to an activating group) is 1. The van der Waals surface area contributed by atoms with Crippen molar-refractivity contribution in [2.45, 2.75) is 13.3 Å². The molecule has 2 nitrogen and oxygen atoms in total. The Bertz CT molecular complexity index is 274. The van der Waals surface area contributed by atoms with Gasteiger partial charge in [0.15, 0.2) is 0 Å². The fourth-order valence-corrected chi connectivity index (χ4v) is 1.20. The zero-order valence-electron chi connectivity index (χ0n) is 7.53. The molecule has 1 aromatic carbocycles. The zero-order valence-corrected chi connectivity index (χ0v) is 9.69. The SMILES string of the molecule is CCN(I)C(=O)Cc1ccccc1. The molecule has 0 spiro atoms. The van der Waals surface area contributed by atoms with Crippen LogP contribution in [0.5, 0.6) is 0 Å². The van der Waals surface area contributed by atoms with Crippen molar-refractivity contribution in [3.8, 4) is 0 Å². The molecule has 0 fully saturated rings. The number of carbonyl (C=O) groups excluding carboxylic acids is 1. The summed E-state index contributed by atoms with van der Waals surface area (Å²) in [6, 6.07) is 9.80. The molecule has 1 rings (SSSR count). The highest BCUT2D eigenvalue weighted by molar-refractivity contribution is 14.1. The van der Waals surface area contributed by atoms with Gasteiger partial charge in [-0.15, -0.1) is 0 Å². The van der Waals surface area contributed by atoms with Gasteiger partial charge in [-0.1, -0.05) is 30.3 Å². The second kappa shape index (κ2) is 5.21. The van der Waals surface area contributed by atoms with Crippen molar-refractivity contribution < 1.29 is 4.79 Å². The number of nitrogens with zero attached hydrogens (tertiary/aromatic N) is 1. The van der Waals surface area contributed by atoms with Crippen molar-refractivity contribution in [3.05, 3.63) is 35.9 Å². The third-order valence-corrected chi connectivity index (χ3v) is 2.97. The summed E-state index contributed by atoms with van der Waals surface area (Å²) in [7, 11) is 0. The second-order valence-electron chi connectivity index (χ2n) is 2.73. The molecule has 1 aromatic rings. The summed E-state index contributed by atoms with van der Waals surface area (Å²) in [6.07, 6.45) is 0.498. The standard InChI is InChI=1S/C10H12INO/c1-2-12(11)10(13)8-9-6-4-3-5-7-9/h3-7H,2,8H2,1H3. The Balaban J connectivity index is 2.55. The lowest BCUT2D eigenvalue weighted by atomic mass is 10.1. The zero-order chi connectivity index (χ0) is 9.68. The maximum absolute atomic E-state index is 11.5. The number of hydrogen-bond donors (Lipinski definition) is 0. The van der Waals surface area contributed by atoms with Gasteiger partial charge in [-0.25, -0.2) is 0 Å². The average Bonchev–Trinajstić information content (AvgIpc) is 2.18. The highest BCUT2D eigenvalue weighted by Crippen LogP contribution is 2.05. The molecule has 0 aliphatic heterocycles. The molecule has 0 aromatic heterocycles. The fraction of sp³-hybridized carbons (Fsp3) is 0.300. The summed E-state index contributed by atoms with van der Waals surface area (Å²) >= 11 is 2.04. The second-order valence-corrected chi connectivity index (χ2v) is 3.90. The molecular weight excluding hydrogens is 277 g/mol. The van der Waals surface area contributed by atoms with Gasteiger partial charge >= 0.3 is 0 Å². The van der Waals surface area contributed by atoms with Crippen molar-refractivity contribution in [1.29, 1.82) is 0 Å². The summed E-state index contributed by atoms with van der Waals surface area (Å²) < 4.78 is 1.70. The van der Waals surface area contributed by atoms with Crippen LogP contribution in [-0.2, 0) is 11.2 Å². The molecule has 0 heterocycles. The lowest BCUT2D eigenvalue weighted by Gasteiger charge is -2.11. The molecule has 0 bridgehead atoms. The van der Waals surface area contributed by atoms with Crippen molar-refractivity contribution in [3.63, 3.8) is 0 Å². The van der Waals surface area contributed by atoms with Gasteiger partial charge in [0.1, 0.15) is 0 Å². The molecule has 0 aliphatic carbocycles. The summed E-state index contributed by atoms with van der Waals surface area (Å²) in [5, 5.41) is 0. The number of amides is 1. The third kappa shape index (κ3) is 3.34. The number of hydrogen-bond acceptors (Lipinski definition) is 1. The number of halogens is 1. The van der Waals surface area contributed by atoms with Crippen LogP contribution in [0.1, 0.15) is 12.5 Å². The van der Waals surface area contributed by atoms with E-state index in [2.05, 4.69) is 0 Å². The smallest absolute Gasteiger partial charge is 0.235 e. The summed E-state index contributed by atoms with van der Waals surface area (Å²) in [5.41, 5.74) is 1.07. The van der Waals surface area contributed by atoms with E-state index >= 15 is 0 Å². The molecule has 3 heteroatoms. The summed E-state index contributed by atoms with van der Waals surface area (Å²) in [5.74, 6) is 0.161. The minimum Gasteiger partial charge on any atom is -0.285 e. The van der Waals surface area contributed by atoms with Crippen LogP contribution >= 0.6 is 22.9 Å². The van der Waals surface area contributed by atoms with E-state index in [1.54, 1.807) is 3.11 Å². The average molecular weight is 289 g/mol. The van der Waals surface area contributed by atoms with E-state index in [1.165, 1.54) is 0 Å². The van der Waals surface area contributed by atoms with E-state index in [-0.39, 0.29) is 5.91 Å². The van der Waals surface area contributed by atoms with E-state index in [9.17, 15) is 4.79 Å². The predicted molar refractivity (Wildman–Crippen MR) is 61.6 cm³/mol. The minimum absolute atomic E-state index is 0.161. The largest absolute Gasteiger partial charge is 0.285 e. The quantitative estimate of drug-likeness (QED) is 0.618. The van der Waals surface area contributed by atoms with E-state index in [1.807, 2.05) is 60.1 Å². The Morgan fingerprint density at radius 1 is 1.38 bits per heavy atom. The fourth-order valence-electron chi connectivity index (χ4n) is 1.03. The van der Waals surface area contributed by atoms with Crippen LogP contribution in [0.4, 0.5) is 0 Å². The maximum atomic E-state index is 11.5. The normalized spacial score (nSPS) is 9.69. The Labute approximate surface area is 92.4 Å². The van der Waals surface area contributed by atoms with Gasteiger partial charge in [0.25, 0.3) is 0 Å². The van der Waals surface area contributed by atoms with E-state index in [0.29, 0.717) is 6.42 Å². The van der Waals surface area contributed by atoms with Crippen molar-refractivity contribution in [2.24, 2.45) is 0 Å². The lowest BCUT2D eigenvalue weighted by Crippen LogP contribution is -2.21. The van der Waals surface area contributed by atoms with Crippen LogP contribution in [-0.4, -0.2) is 15.6 Å². The number of rotatable bonds is 3. The van der Waals surface area contributed by atoms with Crippen LogP contribution in [0.15, 0.2) is 30.3 Å². The predicted octanol–water partition coefficient (Wildman–Crippen LogP) is 2.43. The first-order valence-electron chi connectivity index (χ1n) is 4.24. The Hall–Kier alpha value is -0.580. The minimum atomic E-state index is 0.161. The highest BCUT2D eigenvalue weighted by atomic mass is 127. The van der Waals surface area contributed by atoms with Crippen LogP contribution in [0.3, 0.4) is 0 Å². The lowest BCUT2D eigenvalue weighted by molar-refractivity contribution is -0.124. The van der Waals surface area contributed by atoms with Crippen molar-refractivity contribution in [2.75, 3.05) is 6.54 Å². The molecule has 0 aliphatic rings. The van der Waals surface area contributed by atoms with Crippen LogP contribution in [0, 0.1) is 0 Å². The molecule has 0 radical (unpaired) electrons. The van der Waals surface area contributed by atoms with E-state index in [4.69, 9.17) is 0 Å². The third-order valence-electron chi connectivity index (χ3n) is 1.75. The van der Waals surface area contributed by atoms with Crippen LogP contribution < -0.4 is 0 Å². The Morgan fingerprint density at radius 3 is 2.54 bits per heavy atom. The van der Waals surface area contributed by atoms with Gasteiger partial charge < -0.3 is 0 Å². The van der Waals surface area contributed by atoms with Gasteiger partial charge in [-0.05, 0) is 12.5 Å². The van der Waals surface area contributed by atoms with E-state index in [0.717, 1.165) is 12.1 Å². The molecule has 13 heavy (non-hydrogen) atoms. The monoisotopic (exact) mass is 289 g/mol. The van der Waals surface area contributed by atoms with Crippen LogP contribution in [0.25, 0.3) is 0 Å². The highest BCUT2D eigenvalue weighted by Gasteiger charge is 2.07. The van der Waals surface area contributed by atoms with Gasteiger partial charge in [-0.2, -0.15) is 0 Å². The molecule has 0 saturated carbocycles. The molecule has 0 N–H and O–H groups in total. The number of carbonyl (C=O) groups is 1. The Kier molecular flexibility index (Phi) is 4.21. The van der Waals surface area contributed by atoms with Crippen molar-refractivity contribution in [1.82, 2.24) is 3.11 Å².